The molecule has 0 aliphatic carbocycles. The Bertz CT molecular complexity index is 95.1. The van der Waals surface area contributed by atoms with Crippen molar-refractivity contribution >= 4 is 0 Å². The molecule has 0 saturated heterocycles. The van der Waals surface area contributed by atoms with E-state index in [9.17, 15) is 0 Å². The molecule has 0 saturated carbocycles. The molecule has 0 amide bonds. The number of hydrogen-bond acceptors (Lipinski definition) is 0. The standard InChI is InChI=1S/C10H20/c1-6-9(2)7-8-10(3,4)5/h6,9H,1,7-8H2,2-5H3. The zero-order valence-corrected chi connectivity index (χ0v) is 7.78. The molecule has 1 atom stereocenters. The van der Waals surface area contributed by atoms with Gasteiger partial charge in [0.2, 0.25) is 0 Å². The fourth-order valence-electron chi connectivity index (χ4n) is 0.779. The van der Waals surface area contributed by atoms with Crippen molar-refractivity contribution in [2.75, 3.05) is 0 Å². The van der Waals surface area contributed by atoms with Crippen molar-refractivity contribution in [2.45, 2.75) is 40.5 Å². The lowest BCUT2D eigenvalue weighted by atomic mass is 9.87. The maximum atomic E-state index is 3.76. The Kier molecular flexibility index (Phi) is 3.70. The van der Waals surface area contributed by atoms with Crippen LogP contribution in [0.1, 0.15) is 40.5 Å². The number of rotatable bonds is 3. The zero-order chi connectivity index (χ0) is 8.20. The van der Waals surface area contributed by atoms with Crippen LogP contribution in [0.5, 0.6) is 0 Å². The minimum atomic E-state index is 0.483. The van der Waals surface area contributed by atoms with Crippen molar-refractivity contribution < 1.29 is 0 Å². The van der Waals surface area contributed by atoms with Crippen LogP contribution in [0.2, 0.25) is 0 Å². The minimum absolute atomic E-state index is 0.483. The van der Waals surface area contributed by atoms with Crippen molar-refractivity contribution in [3.8, 4) is 0 Å². The molecule has 0 aliphatic rings. The SMILES string of the molecule is C=CC(C)CCC(C)(C)C. The first kappa shape index (κ1) is 9.74. The van der Waals surface area contributed by atoms with Crippen molar-refractivity contribution in [3.63, 3.8) is 0 Å². The van der Waals surface area contributed by atoms with Gasteiger partial charge in [-0.2, -0.15) is 0 Å². The molecule has 0 nitrogen and oxygen atoms in total. The van der Waals surface area contributed by atoms with E-state index in [0.717, 1.165) is 0 Å². The van der Waals surface area contributed by atoms with E-state index in [-0.39, 0.29) is 0 Å². The third-order valence-electron chi connectivity index (χ3n) is 1.75. The third-order valence-corrected chi connectivity index (χ3v) is 1.75. The molecule has 0 fully saturated rings. The van der Waals surface area contributed by atoms with Crippen LogP contribution in [0.3, 0.4) is 0 Å². The summed E-state index contributed by atoms with van der Waals surface area (Å²) in [5.41, 5.74) is 0.483. The van der Waals surface area contributed by atoms with Gasteiger partial charge < -0.3 is 0 Å². The largest absolute Gasteiger partial charge is 0.103 e. The molecular formula is C10H20. The molecule has 1 unspecified atom stereocenters. The van der Waals surface area contributed by atoms with E-state index >= 15 is 0 Å². The first-order chi connectivity index (χ1) is 4.45. The third kappa shape index (κ3) is 5.87. The molecule has 0 spiro atoms. The predicted molar refractivity (Wildman–Crippen MR) is 48.1 cm³/mol. The summed E-state index contributed by atoms with van der Waals surface area (Å²) in [5.74, 6) is 0.680. The summed E-state index contributed by atoms with van der Waals surface area (Å²) in [4.78, 5) is 0. The highest BCUT2D eigenvalue weighted by molar-refractivity contribution is 4.76. The fourth-order valence-corrected chi connectivity index (χ4v) is 0.779. The van der Waals surface area contributed by atoms with Gasteiger partial charge in [-0.1, -0.05) is 33.8 Å². The topological polar surface area (TPSA) is 0 Å². The molecule has 0 aromatic carbocycles. The molecule has 0 radical (unpaired) electrons. The van der Waals surface area contributed by atoms with Gasteiger partial charge >= 0.3 is 0 Å². The molecule has 0 aromatic rings. The first-order valence-corrected chi connectivity index (χ1v) is 4.08. The quantitative estimate of drug-likeness (QED) is 0.525. The maximum Gasteiger partial charge on any atom is -0.0264 e. The molecule has 60 valence electrons. The average molecular weight is 140 g/mol. The Balaban J connectivity index is 3.45. The Morgan fingerprint density at radius 3 is 2.20 bits per heavy atom. The van der Waals surface area contributed by atoms with Crippen molar-refractivity contribution in [1.29, 1.82) is 0 Å². The summed E-state index contributed by atoms with van der Waals surface area (Å²) in [6, 6.07) is 0. The highest BCUT2D eigenvalue weighted by Gasteiger charge is 2.10. The van der Waals surface area contributed by atoms with Gasteiger partial charge in [-0.3, -0.25) is 0 Å². The normalized spacial score (nSPS) is 14.8. The maximum absolute atomic E-state index is 3.76. The van der Waals surface area contributed by atoms with Gasteiger partial charge in [0.25, 0.3) is 0 Å². The lowest BCUT2D eigenvalue weighted by Crippen LogP contribution is -2.06. The van der Waals surface area contributed by atoms with E-state index in [0.29, 0.717) is 11.3 Å². The van der Waals surface area contributed by atoms with Crippen LogP contribution in [0.15, 0.2) is 12.7 Å². The summed E-state index contributed by atoms with van der Waals surface area (Å²) in [6.07, 6.45) is 4.60. The minimum Gasteiger partial charge on any atom is -0.103 e. The predicted octanol–water partition coefficient (Wildman–Crippen LogP) is 3.63. The lowest BCUT2D eigenvalue weighted by molar-refractivity contribution is 0.347. The van der Waals surface area contributed by atoms with Gasteiger partial charge in [0.1, 0.15) is 0 Å². The second-order valence-corrected chi connectivity index (χ2v) is 4.31. The molecule has 0 bridgehead atoms. The summed E-state index contributed by atoms with van der Waals surface area (Å²) in [6.45, 7) is 12.8. The Hall–Kier alpha value is -0.260. The average Bonchev–Trinajstić information content (AvgIpc) is 1.81. The van der Waals surface area contributed by atoms with E-state index in [4.69, 9.17) is 0 Å². The molecule has 0 N–H and O–H groups in total. The van der Waals surface area contributed by atoms with E-state index in [2.05, 4.69) is 34.3 Å². The van der Waals surface area contributed by atoms with Crippen LogP contribution in [0.25, 0.3) is 0 Å². The summed E-state index contributed by atoms with van der Waals surface area (Å²) in [5, 5.41) is 0. The van der Waals surface area contributed by atoms with Gasteiger partial charge in [0.05, 0.1) is 0 Å². The Morgan fingerprint density at radius 2 is 1.90 bits per heavy atom. The number of hydrogen-bond donors (Lipinski definition) is 0. The summed E-state index contributed by atoms with van der Waals surface area (Å²) >= 11 is 0. The molecule has 0 rings (SSSR count). The Morgan fingerprint density at radius 1 is 1.40 bits per heavy atom. The van der Waals surface area contributed by atoms with E-state index in [1.54, 1.807) is 0 Å². The number of allylic oxidation sites excluding steroid dienone is 1. The molecule has 10 heavy (non-hydrogen) atoms. The van der Waals surface area contributed by atoms with Crippen molar-refractivity contribution in [2.24, 2.45) is 11.3 Å². The lowest BCUT2D eigenvalue weighted by Gasteiger charge is -2.19. The second-order valence-electron chi connectivity index (χ2n) is 4.31. The van der Waals surface area contributed by atoms with Crippen LogP contribution < -0.4 is 0 Å². The fraction of sp³-hybridized carbons (Fsp3) is 0.800. The van der Waals surface area contributed by atoms with Gasteiger partial charge in [-0.05, 0) is 24.2 Å². The zero-order valence-electron chi connectivity index (χ0n) is 7.78. The van der Waals surface area contributed by atoms with E-state index in [1.807, 2.05) is 6.08 Å². The van der Waals surface area contributed by atoms with Gasteiger partial charge in [0.15, 0.2) is 0 Å². The second kappa shape index (κ2) is 3.80. The van der Waals surface area contributed by atoms with Crippen LogP contribution in [0, 0.1) is 11.3 Å². The molecule has 0 aromatic heterocycles. The van der Waals surface area contributed by atoms with Crippen LogP contribution in [-0.4, -0.2) is 0 Å². The molecular weight excluding hydrogens is 120 g/mol. The molecule has 0 heterocycles. The first-order valence-electron chi connectivity index (χ1n) is 4.08. The highest BCUT2D eigenvalue weighted by atomic mass is 14.2. The molecule has 0 aliphatic heterocycles. The van der Waals surface area contributed by atoms with Gasteiger partial charge in [-0.15, -0.1) is 6.58 Å². The van der Waals surface area contributed by atoms with Crippen molar-refractivity contribution in [1.82, 2.24) is 0 Å². The van der Waals surface area contributed by atoms with Crippen molar-refractivity contribution in [3.05, 3.63) is 12.7 Å². The highest BCUT2D eigenvalue weighted by Crippen LogP contribution is 2.23. The van der Waals surface area contributed by atoms with Crippen LogP contribution in [-0.2, 0) is 0 Å². The summed E-state index contributed by atoms with van der Waals surface area (Å²) < 4.78 is 0. The van der Waals surface area contributed by atoms with E-state index in [1.165, 1.54) is 12.8 Å². The smallest absolute Gasteiger partial charge is 0.0264 e. The van der Waals surface area contributed by atoms with Gasteiger partial charge in [-0.25, -0.2) is 0 Å². The van der Waals surface area contributed by atoms with Crippen LogP contribution >= 0.6 is 0 Å². The Labute approximate surface area is 65.3 Å². The van der Waals surface area contributed by atoms with Crippen LogP contribution in [0.4, 0.5) is 0 Å². The molecule has 0 heteroatoms. The monoisotopic (exact) mass is 140 g/mol. The van der Waals surface area contributed by atoms with Gasteiger partial charge in [0, 0.05) is 0 Å². The van der Waals surface area contributed by atoms with E-state index < -0.39 is 0 Å². The summed E-state index contributed by atoms with van der Waals surface area (Å²) in [7, 11) is 0.